The summed E-state index contributed by atoms with van der Waals surface area (Å²) in [5.74, 6) is -1.31. The van der Waals surface area contributed by atoms with Crippen molar-refractivity contribution < 1.29 is 19.5 Å². The van der Waals surface area contributed by atoms with Crippen LogP contribution in [0.1, 0.15) is 26.7 Å². The van der Waals surface area contributed by atoms with Crippen molar-refractivity contribution in [3.8, 4) is 0 Å². The van der Waals surface area contributed by atoms with Crippen molar-refractivity contribution in [2.24, 2.45) is 17.1 Å². The summed E-state index contributed by atoms with van der Waals surface area (Å²) < 4.78 is 0. The highest BCUT2D eigenvalue weighted by Crippen LogP contribution is 2.20. The number of carboxylic acids is 1. The first-order valence-electron chi connectivity index (χ1n) is 6.27. The van der Waals surface area contributed by atoms with Gasteiger partial charge in [0.2, 0.25) is 5.91 Å². The molecule has 1 unspecified atom stereocenters. The molecule has 108 valence electrons. The van der Waals surface area contributed by atoms with Gasteiger partial charge in [0, 0.05) is 26.1 Å². The van der Waals surface area contributed by atoms with Crippen LogP contribution < -0.4 is 11.1 Å². The zero-order chi connectivity index (χ0) is 14.6. The number of nitrogens with zero attached hydrogens (tertiary/aromatic N) is 1. The highest BCUT2D eigenvalue weighted by Gasteiger charge is 2.30. The van der Waals surface area contributed by atoms with E-state index >= 15 is 0 Å². The van der Waals surface area contributed by atoms with Crippen LogP contribution in [0.2, 0.25) is 0 Å². The number of urea groups is 1. The molecular formula is C12H21N3O4. The van der Waals surface area contributed by atoms with E-state index in [0.29, 0.717) is 19.5 Å². The Kier molecular flexibility index (Phi) is 4.74. The van der Waals surface area contributed by atoms with Crippen molar-refractivity contribution in [2.45, 2.75) is 26.7 Å². The van der Waals surface area contributed by atoms with Crippen molar-refractivity contribution in [3.63, 3.8) is 0 Å². The predicted octanol–water partition coefficient (Wildman–Crippen LogP) is 0.00410. The molecule has 0 aromatic carbocycles. The Bertz CT molecular complexity index is 381. The molecule has 4 N–H and O–H groups in total. The van der Waals surface area contributed by atoms with Crippen molar-refractivity contribution in [1.82, 2.24) is 10.2 Å². The van der Waals surface area contributed by atoms with Crippen LogP contribution in [0.15, 0.2) is 0 Å². The molecule has 0 saturated carbocycles. The fraction of sp³-hybridized carbons (Fsp3) is 0.750. The van der Waals surface area contributed by atoms with Crippen LogP contribution in [0.25, 0.3) is 0 Å². The molecule has 1 fully saturated rings. The van der Waals surface area contributed by atoms with Gasteiger partial charge in [-0.2, -0.15) is 0 Å². The van der Waals surface area contributed by atoms with E-state index < -0.39 is 17.3 Å². The molecule has 1 atom stereocenters. The third kappa shape index (κ3) is 4.42. The first kappa shape index (κ1) is 15.3. The summed E-state index contributed by atoms with van der Waals surface area (Å²) in [5.41, 5.74) is 4.42. The average molecular weight is 271 g/mol. The number of amides is 3. The Morgan fingerprint density at radius 2 is 2.05 bits per heavy atom. The van der Waals surface area contributed by atoms with E-state index in [1.807, 2.05) is 0 Å². The van der Waals surface area contributed by atoms with Crippen LogP contribution in [0.5, 0.6) is 0 Å². The summed E-state index contributed by atoms with van der Waals surface area (Å²) in [4.78, 5) is 35.1. The normalized spacial score (nSPS) is 19.3. The molecule has 1 saturated heterocycles. The van der Waals surface area contributed by atoms with E-state index in [4.69, 9.17) is 10.8 Å². The highest BCUT2D eigenvalue weighted by atomic mass is 16.4. The first-order chi connectivity index (χ1) is 8.72. The number of aliphatic carboxylic acids is 1. The van der Waals surface area contributed by atoms with E-state index in [9.17, 15) is 14.4 Å². The van der Waals surface area contributed by atoms with Crippen molar-refractivity contribution >= 4 is 17.9 Å². The largest absolute Gasteiger partial charge is 0.481 e. The van der Waals surface area contributed by atoms with Crippen LogP contribution in [0, 0.1) is 11.3 Å². The number of carbonyl (C=O) groups excluding carboxylic acids is 2. The van der Waals surface area contributed by atoms with Gasteiger partial charge in [0.25, 0.3) is 0 Å². The molecule has 1 heterocycles. The fourth-order valence-electron chi connectivity index (χ4n) is 1.93. The van der Waals surface area contributed by atoms with Crippen molar-refractivity contribution in [1.29, 1.82) is 0 Å². The van der Waals surface area contributed by atoms with Crippen LogP contribution in [0.4, 0.5) is 4.79 Å². The molecule has 1 rings (SSSR count). The Morgan fingerprint density at radius 1 is 1.42 bits per heavy atom. The standard InChI is InChI=1S/C12H21N3O4/c1-12(2,10(13)18)7-14-11(19)15-4-3-8(6-15)5-9(16)17/h8H,3-7H2,1-2H3,(H2,13,18)(H,14,19)(H,16,17). The Morgan fingerprint density at radius 3 is 2.58 bits per heavy atom. The topological polar surface area (TPSA) is 113 Å². The second-order valence-electron chi connectivity index (χ2n) is 5.61. The SMILES string of the molecule is CC(C)(CNC(=O)N1CCC(CC(=O)O)C1)C(N)=O. The lowest BCUT2D eigenvalue weighted by atomic mass is 9.93. The Labute approximate surface area is 112 Å². The molecule has 0 spiro atoms. The summed E-state index contributed by atoms with van der Waals surface area (Å²) in [6.07, 6.45) is 0.773. The minimum atomic E-state index is -0.845. The maximum atomic E-state index is 11.9. The number of rotatable bonds is 5. The highest BCUT2D eigenvalue weighted by molar-refractivity contribution is 5.81. The van der Waals surface area contributed by atoms with E-state index in [-0.39, 0.29) is 24.9 Å². The van der Waals surface area contributed by atoms with Crippen LogP contribution in [-0.2, 0) is 9.59 Å². The van der Waals surface area contributed by atoms with E-state index in [1.54, 1.807) is 18.7 Å². The lowest BCUT2D eigenvalue weighted by Crippen LogP contribution is -2.46. The molecule has 19 heavy (non-hydrogen) atoms. The minimum Gasteiger partial charge on any atom is -0.481 e. The molecule has 1 aliphatic heterocycles. The van der Waals surface area contributed by atoms with Crippen molar-refractivity contribution in [3.05, 3.63) is 0 Å². The molecule has 0 radical (unpaired) electrons. The molecule has 1 aliphatic rings. The minimum absolute atomic E-state index is 0.00685. The van der Waals surface area contributed by atoms with Crippen LogP contribution in [0.3, 0.4) is 0 Å². The Balaban J connectivity index is 2.40. The maximum Gasteiger partial charge on any atom is 0.317 e. The van der Waals surface area contributed by atoms with Gasteiger partial charge in [-0.1, -0.05) is 0 Å². The van der Waals surface area contributed by atoms with Gasteiger partial charge in [-0.25, -0.2) is 4.79 Å². The van der Waals surface area contributed by atoms with Gasteiger partial charge in [0.15, 0.2) is 0 Å². The average Bonchev–Trinajstić information content (AvgIpc) is 2.73. The van der Waals surface area contributed by atoms with Gasteiger partial charge in [-0.05, 0) is 26.2 Å². The lowest BCUT2D eigenvalue weighted by molar-refractivity contribution is -0.138. The number of carboxylic acid groups (broad SMARTS) is 1. The fourth-order valence-corrected chi connectivity index (χ4v) is 1.93. The smallest absolute Gasteiger partial charge is 0.317 e. The second kappa shape index (κ2) is 5.90. The zero-order valence-corrected chi connectivity index (χ0v) is 11.3. The third-order valence-corrected chi connectivity index (χ3v) is 3.38. The predicted molar refractivity (Wildman–Crippen MR) is 68.3 cm³/mol. The number of nitrogens with two attached hydrogens (primary N) is 1. The molecule has 0 bridgehead atoms. The van der Waals surface area contributed by atoms with E-state index in [0.717, 1.165) is 0 Å². The lowest BCUT2D eigenvalue weighted by Gasteiger charge is -2.23. The number of carbonyl (C=O) groups is 3. The Hall–Kier alpha value is -1.79. The van der Waals surface area contributed by atoms with Gasteiger partial charge >= 0.3 is 12.0 Å². The van der Waals surface area contributed by atoms with Crippen molar-refractivity contribution in [2.75, 3.05) is 19.6 Å². The van der Waals surface area contributed by atoms with Gasteiger partial charge in [-0.3, -0.25) is 9.59 Å². The quantitative estimate of drug-likeness (QED) is 0.653. The number of hydrogen-bond donors (Lipinski definition) is 3. The summed E-state index contributed by atoms with van der Waals surface area (Å²) in [6.45, 7) is 4.47. The summed E-state index contributed by atoms with van der Waals surface area (Å²) >= 11 is 0. The monoisotopic (exact) mass is 271 g/mol. The summed E-state index contributed by atoms with van der Waals surface area (Å²) in [7, 11) is 0. The molecule has 7 nitrogen and oxygen atoms in total. The van der Waals surface area contributed by atoms with Crippen LogP contribution >= 0.6 is 0 Å². The summed E-state index contributed by atoms with van der Waals surface area (Å²) in [6, 6.07) is -0.276. The molecule has 0 aromatic heterocycles. The van der Waals surface area contributed by atoms with Gasteiger partial charge in [0.05, 0.1) is 5.41 Å². The number of primary amides is 1. The number of hydrogen-bond acceptors (Lipinski definition) is 3. The van der Waals surface area contributed by atoms with Gasteiger partial charge in [-0.15, -0.1) is 0 Å². The van der Waals surface area contributed by atoms with E-state index in [1.165, 1.54) is 0 Å². The number of likely N-dealkylation sites (tertiary alicyclic amines) is 1. The first-order valence-corrected chi connectivity index (χ1v) is 6.27. The molecule has 7 heteroatoms. The number of nitrogens with one attached hydrogen (secondary N) is 1. The van der Waals surface area contributed by atoms with Gasteiger partial charge in [0.1, 0.15) is 0 Å². The molecular weight excluding hydrogens is 250 g/mol. The zero-order valence-electron chi connectivity index (χ0n) is 11.3. The third-order valence-electron chi connectivity index (χ3n) is 3.38. The maximum absolute atomic E-state index is 11.9. The summed E-state index contributed by atoms with van der Waals surface area (Å²) in [5, 5.41) is 11.4. The van der Waals surface area contributed by atoms with E-state index in [2.05, 4.69) is 5.32 Å². The molecule has 3 amide bonds. The van der Waals surface area contributed by atoms with Gasteiger partial charge < -0.3 is 21.1 Å². The van der Waals surface area contributed by atoms with Crippen LogP contribution in [-0.4, -0.2) is 47.5 Å². The molecule has 0 aromatic rings. The second-order valence-corrected chi connectivity index (χ2v) is 5.61. The molecule has 0 aliphatic carbocycles.